The van der Waals surface area contributed by atoms with Crippen LogP contribution in [0.3, 0.4) is 0 Å². The highest BCUT2D eigenvalue weighted by atomic mass is 32.3. The molecule has 0 aliphatic heterocycles. The van der Waals surface area contributed by atoms with Crippen LogP contribution in [0.4, 0.5) is 17.5 Å². The number of nitrogens with two attached hydrogens (primary N) is 2. The molecule has 0 spiro atoms. The van der Waals surface area contributed by atoms with Crippen molar-refractivity contribution >= 4 is 38.9 Å². The summed E-state index contributed by atoms with van der Waals surface area (Å²) in [6.07, 6.45) is 2.25. The average molecular weight is 394 g/mol. The number of nitrogen functional groups attached to an aromatic ring is 2. The van der Waals surface area contributed by atoms with Crippen LogP contribution in [0.15, 0.2) is 36.5 Å². The standard InChI is InChI=1S/C14H12N6O2.H2O4S/c15-12-11-6-9(7-17-13(11)19-14(16)18-12)5-8-1-3-10(4-2-8)20(21)22;1-5(2,3)4/h1-4,6-7H,5H2,(H4,15,16,17,18,19);(H2,1,2,3,4). The minimum Gasteiger partial charge on any atom is -0.383 e. The number of pyridine rings is 1. The minimum atomic E-state index is -4.67. The molecule has 0 amide bonds. The van der Waals surface area contributed by atoms with Crippen molar-refractivity contribution in [1.29, 1.82) is 0 Å². The molecule has 0 saturated carbocycles. The van der Waals surface area contributed by atoms with Gasteiger partial charge in [0, 0.05) is 18.3 Å². The van der Waals surface area contributed by atoms with Crippen molar-refractivity contribution in [3.8, 4) is 0 Å². The number of nitro benzene ring substituents is 1. The molecule has 0 bridgehead atoms. The van der Waals surface area contributed by atoms with E-state index in [1.54, 1.807) is 18.3 Å². The number of nitro groups is 1. The van der Waals surface area contributed by atoms with Crippen molar-refractivity contribution in [2.75, 3.05) is 11.5 Å². The van der Waals surface area contributed by atoms with Gasteiger partial charge in [-0.1, -0.05) is 12.1 Å². The summed E-state index contributed by atoms with van der Waals surface area (Å²) < 4.78 is 31.6. The first-order valence-corrected chi connectivity index (χ1v) is 8.53. The van der Waals surface area contributed by atoms with Gasteiger partial charge in [-0.2, -0.15) is 18.4 Å². The smallest absolute Gasteiger partial charge is 0.383 e. The Labute approximate surface area is 152 Å². The van der Waals surface area contributed by atoms with E-state index in [-0.39, 0.29) is 17.5 Å². The molecular formula is C14H14N6O6S. The van der Waals surface area contributed by atoms with Crippen molar-refractivity contribution in [2.45, 2.75) is 6.42 Å². The Morgan fingerprint density at radius 1 is 1.07 bits per heavy atom. The van der Waals surface area contributed by atoms with Crippen molar-refractivity contribution in [1.82, 2.24) is 15.0 Å². The highest BCUT2D eigenvalue weighted by molar-refractivity contribution is 7.79. The molecule has 3 aromatic rings. The van der Waals surface area contributed by atoms with E-state index in [4.69, 9.17) is 29.0 Å². The van der Waals surface area contributed by atoms with Gasteiger partial charge in [-0.3, -0.25) is 19.2 Å². The molecule has 0 fully saturated rings. The van der Waals surface area contributed by atoms with Crippen LogP contribution in [-0.2, 0) is 16.8 Å². The molecule has 0 radical (unpaired) electrons. The lowest BCUT2D eigenvalue weighted by Gasteiger charge is -2.05. The summed E-state index contributed by atoms with van der Waals surface area (Å²) in [5.74, 6) is 0.362. The predicted molar refractivity (Wildman–Crippen MR) is 96.2 cm³/mol. The second kappa shape index (κ2) is 7.86. The van der Waals surface area contributed by atoms with E-state index in [0.717, 1.165) is 11.1 Å². The molecule has 142 valence electrons. The van der Waals surface area contributed by atoms with E-state index in [9.17, 15) is 10.1 Å². The number of aromatic nitrogens is 3. The fourth-order valence-corrected chi connectivity index (χ4v) is 2.16. The highest BCUT2D eigenvalue weighted by Crippen LogP contribution is 2.20. The lowest BCUT2D eigenvalue weighted by Crippen LogP contribution is -2.02. The zero-order valence-electron chi connectivity index (χ0n) is 13.6. The van der Waals surface area contributed by atoms with Crippen LogP contribution in [-0.4, -0.2) is 37.4 Å². The van der Waals surface area contributed by atoms with Gasteiger partial charge in [0.1, 0.15) is 5.82 Å². The normalized spacial score (nSPS) is 10.9. The summed E-state index contributed by atoms with van der Waals surface area (Å²) in [4.78, 5) is 22.4. The van der Waals surface area contributed by atoms with Gasteiger partial charge < -0.3 is 11.5 Å². The van der Waals surface area contributed by atoms with Crippen LogP contribution in [0.2, 0.25) is 0 Å². The minimum absolute atomic E-state index is 0.0634. The molecule has 1 aromatic carbocycles. The number of fused-ring (bicyclic) bond motifs is 1. The van der Waals surface area contributed by atoms with Gasteiger partial charge in [0.25, 0.3) is 5.69 Å². The lowest BCUT2D eigenvalue weighted by molar-refractivity contribution is -0.384. The van der Waals surface area contributed by atoms with Crippen molar-refractivity contribution in [2.24, 2.45) is 0 Å². The summed E-state index contributed by atoms with van der Waals surface area (Å²) >= 11 is 0. The van der Waals surface area contributed by atoms with E-state index in [0.29, 0.717) is 17.5 Å². The summed E-state index contributed by atoms with van der Waals surface area (Å²) in [5.41, 5.74) is 13.7. The molecule has 6 N–H and O–H groups in total. The zero-order valence-corrected chi connectivity index (χ0v) is 14.4. The van der Waals surface area contributed by atoms with Crippen molar-refractivity contribution in [3.63, 3.8) is 0 Å². The maximum atomic E-state index is 10.6. The lowest BCUT2D eigenvalue weighted by atomic mass is 10.1. The van der Waals surface area contributed by atoms with Gasteiger partial charge >= 0.3 is 10.4 Å². The monoisotopic (exact) mass is 394 g/mol. The number of non-ortho nitro benzene ring substituents is 1. The molecule has 0 aliphatic carbocycles. The number of anilines is 2. The van der Waals surface area contributed by atoms with Crippen LogP contribution in [0, 0.1) is 10.1 Å². The molecule has 0 atom stereocenters. The van der Waals surface area contributed by atoms with E-state index in [1.165, 1.54) is 12.1 Å². The maximum Gasteiger partial charge on any atom is 0.394 e. The van der Waals surface area contributed by atoms with Gasteiger partial charge in [0.05, 0.1) is 10.3 Å². The van der Waals surface area contributed by atoms with E-state index < -0.39 is 15.3 Å². The van der Waals surface area contributed by atoms with Crippen molar-refractivity contribution < 1.29 is 22.4 Å². The number of hydrogen-bond donors (Lipinski definition) is 4. The molecule has 2 heterocycles. The fourth-order valence-electron chi connectivity index (χ4n) is 2.16. The Bertz CT molecular complexity index is 1080. The summed E-state index contributed by atoms with van der Waals surface area (Å²) in [7, 11) is -4.67. The van der Waals surface area contributed by atoms with Gasteiger partial charge in [-0.25, -0.2) is 4.98 Å². The number of rotatable bonds is 3. The highest BCUT2D eigenvalue weighted by Gasteiger charge is 2.08. The van der Waals surface area contributed by atoms with Crippen LogP contribution < -0.4 is 11.5 Å². The summed E-state index contributed by atoms with van der Waals surface area (Å²) in [6.45, 7) is 0. The summed E-state index contributed by atoms with van der Waals surface area (Å²) in [6, 6.07) is 8.22. The zero-order chi connectivity index (χ0) is 20.2. The van der Waals surface area contributed by atoms with E-state index in [2.05, 4.69) is 15.0 Å². The van der Waals surface area contributed by atoms with Crippen LogP contribution in [0.5, 0.6) is 0 Å². The third kappa shape index (κ3) is 6.10. The molecule has 27 heavy (non-hydrogen) atoms. The largest absolute Gasteiger partial charge is 0.394 e. The van der Waals surface area contributed by atoms with Crippen molar-refractivity contribution in [3.05, 3.63) is 57.8 Å². The molecule has 3 rings (SSSR count). The number of benzene rings is 1. The predicted octanol–water partition coefficient (Wildman–Crippen LogP) is 1.04. The second-order valence-electron chi connectivity index (χ2n) is 5.23. The van der Waals surface area contributed by atoms with Gasteiger partial charge in [0.2, 0.25) is 5.95 Å². The first-order valence-electron chi connectivity index (χ1n) is 7.14. The van der Waals surface area contributed by atoms with Crippen LogP contribution in [0.25, 0.3) is 11.0 Å². The molecular weight excluding hydrogens is 380 g/mol. The SMILES string of the molecule is Nc1nc(N)c2cc(Cc3ccc([N+](=O)[O-])cc3)cnc2n1.O=S(=O)(O)O. The first kappa shape index (κ1) is 19.9. The Kier molecular flexibility index (Phi) is 5.79. The topological polar surface area (TPSA) is 208 Å². The van der Waals surface area contributed by atoms with Crippen LogP contribution >= 0.6 is 0 Å². The third-order valence-corrected chi connectivity index (χ3v) is 3.21. The van der Waals surface area contributed by atoms with E-state index >= 15 is 0 Å². The fraction of sp³-hybridized carbons (Fsp3) is 0.0714. The first-order chi connectivity index (χ1) is 12.5. The maximum absolute atomic E-state index is 10.6. The molecule has 0 unspecified atom stereocenters. The van der Waals surface area contributed by atoms with Gasteiger partial charge in [-0.15, -0.1) is 0 Å². The summed E-state index contributed by atoms with van der Waals surface area (Å²) in [5, 5.41) is 11.3. The molecule has 0 saturated heterocycles. The van der Waals surface area contributed by atoms with Gasteiger partial charge in [-0.05, 0) is 23.6 Å². The Hall–Kier alpha value is -3.42. The molecule has 0 aliphatic rings. The Morgan fingerprint density at radius 2 is 1.67 bits per heavy atom. The Morgan fingerprint density at radius 3 is 2.22 bits per heavy atom. The molecule has 13 heteroatoms. The Balaban J connectivity index is 0.000000465. The molecule has 2 aromatic heterocycles. The number of hydrogen-bond acceptors (Lipinski definition) is 9. The van der Waals surface area contributed by atoms with Crippen LogP contribution in [0.1, 0.15) is 11.1 Å². The quantitative estimate of drug-likeness (QED) is 0.280. The molecule has 12 nitrogen and oxygen atoms in total. The average Bonchev–Trinajstić information content (AvgIpc) is 2.54. The number of nitrogens with zero attached hydrogens (tertiary/aromatic N) is 4. The second-order valence-corrected chi connectivity index (χ2v) is 6.13. The van der Waals surface area contributed by atoms with Gasteiger partial charge in [0.15, 0.2) is 5.65 Å². The van der Waals surface area contributed by atoms with E-state index in [1.807, 2.05) is 6.07 Å². The third-order valence-electron chi connectivity index (χ3n) is 3.21.